The molecule has 2 aliphatic carbocycles. The lowest BCUT2D eigenvalue weighted by Gasteiger charge is -2.22. The summed E-state index contributed by atoms with van der Waals surface area (Å²) in [4.78, 5) is 6.64. The summed E-state index contributed by atoms with van der Waals surface area (Å²) >= 11 is 0. The first kappa shape index (κ1) is 23.4. The van der Waals surface area contributed by atoms with Gasteiger partial charge in [0.2, 0.25) is 10.0 Å². The van der Waals surface area contributed by atoms with Gasteiger partial charge in [0.15, 0.2) is 5.96 Å². The van der Waals surface area contributed by atoms with Gasteiger partial charge >= 0.3 is 0 Å². The van der Waals surface area contributed by atoms with Crippen molar-refractivity contribution in [2.75, 3.05) is 33.9 Å². The third-order valence-electron chi connectivity index (χ3n) is 4.78. The van der Waals surface area contributed by atoms with Gasteiger partial charge in [0.25, 0.3) is 0 Å². The van der Waals surface area contributed by atoms with Crippen LogP contribution in [0, 0.1) is 5.92 Å². The van der Waals surface area contributed by atoms with Gasteiger partial charge in [0.1, 0.15) is 0 Å². The van der Waals surface area contributed by atoms with Gasteiger partial charge in [0.05, 0.1) is 11.5 Å². The van der Waals surface area contributed by atoms with Crippen LogP contribution in [0.25, 0.3) is 0 Å². The summed E-state index contributed by atoms with van der Waals surface area (Å²) in [5, 5.41) is 3.30. The van der Waals surface area contributed by atoms with E-state index in [9.17, 15) is 8.42 Å². The first-order chi connectivity index (χ1) is 13.0. The van der Waals surface area contributed by atoms with Crippen molar-refractivity contribution >= 4 is 40.0 Å². The van der Waals surface area contributed by atoms with E-state index in [-0.39, 0.29) is 30.0 Å². The number of nitrogens with zero attached hydrogens (tertiary/aromatic N) is 2. The summed E-state index contributed by atoms with van der Waals surface area (Å²) in [5.74, 6) is 1.57. The zero-order chi connectivity index (χ0) is 19.3. The minimum absolute atomic E-state index is 0. The van der Waals surface area contributed by atoms with Gasteiger partial charge in [-0.25, -0.2) is 13.1 Å². The third-order valence-corrected chi connectivity index (χ3v) is 6.31. The topological polar surface area (TPSA) is 83.0 Å². The number of sulfonamides is 1. The maximum absolute atomic E-state index is 12.2. The van der Waals surface area contributed by atoms with E-state index < -0.39 is 10.0 Å². The van der Waals surface area contributed by atoms with Gasteiger partial charge in [-0.2, -0.15) is 0 Å². The Morgan fingerprint density at radius 2 is 1.89 bits per heavy atom. The smallest absolute Gasteiger partial charge is 0.240 e. The molecule has 2 fully saturated rings. The van der Waals surface area contributed by atoms with E-state index in [4.69, 9.17) is 4.74 Å². The molecule has 0 spiro atoms. The molecule has 3 rings (SSSR count). The largest absolute Gasteiger partial charge is 0.379 e. The lowest BCUT2D eigenvalue weighted by Crippen LogP contribution is -2.40. The second-order valence-electron chi connectivity index (χ2n) is 7.38. The Morgan fingerprint density at radius 3 is 2.46 bits per heavy atom. The minimum Gasteiger partial charge on any atom is -0.379 e. The van der Waals surface area contributed by atoms with Crippen molar-refractivity contribution in [3.8, 4) is 0 Å². The number of nitrogens with one attached hydrogen (secondary N) is 2. The number of benzene rings is 1. The number of rotatable bonds is 10. The highest BCUT2D eigenvalue weighted by atomic mass is 127. The lowest BCUT2D eigenvalue weighted by molar-refractivity contribution is 0.115. The molecule has 2 aliphatic rings. The quantitative estimate of drug-likeness (QED) is 0.213. The molecular formula is C19H31IN4O3S. The Hall–Kier alpha value is -0.910. The van der Waals surface area contributed by atoms with E-state index in [2.05, 4.69) is 15.0 Å². The van der Waals surface area contributed by atoms with Crippen molar-refractivity contribution in [1.82, 2.24) is 14.9 Å². The van der Waals surface area contributed by atoms with Crippen LogP contribution in [0.4, 0.5) is 0 Å². The first-order valence-corrected chi connectivity index (χ1v) is 11.1. The normalized spacial score (nSPS) is 17.1. The van der Waals surface area contributed by atoms with Crippen LogP contribution in [0.1, 0.15) is 31.2 Å². The SMILES string of the molecule is CN=C(NCc1ccc(S(=O)(=O)NC2CC2)cc1)N(C)CCOCC1CC1.I. The standard InChI is InChI=1S/C19H30N4O3S.HI/c1-20-19(23(2)11-12-26-14-16-3-4-16)21-13-15-5-9-18(10-6-15)27(24,25)22-17-7-8-17;/h5-6,9-10,16-17,22H,3-4,7-8,11-14H2,1-2H3,(H,20,21);1H. The van der Waals surface area contributed by atoms with Crippen molar-refractivity contribution in [2.24, 2.45) is 10.9 Å². The molecule has 158 valence electrons. The maximum atomic E-state index is 12.2. The number of guanidine groups is 1. The highest BCUT2D eigenvalue weighted by molar-refractivity contribution is 14.0. The van der Waals surface area contributed by atoms with Crippen molar-refractivity contribution in [3.05, 3.63) is 29.8 Å². The predicted octanol–water partition coefficient (Wildman–Crippen LogP) is 2.18. The number of halogens is 1. The minimum atomic E-state index is -3.39. The molecule has 1 aromatic carbocycles. The Morgan fingerprint density at radius 1 is 1.21 bits per heavy atom. The number of aliphatic imine (C=N–C) groups is 1. The van der Waals surface area contributed by atoms with Crippen LogP contribution in [0.15, 0.2) is 34.2 Å². The van der Waals surface area contributed by atoms with Gasteiger partial charge < -0.3 is 15.0 Å². The van der Waals surface area contributed by atoms with Crippen molar-refractivity contribution in [2.45, 2.75) is 43.2 Å². The first-order valence-electron chi connectivity index (χ1n) is 9.59. The van der Waals surface area contributed by atoms with E-state index in [0.29, 0.717) is 18.0 Å². The van der Waals surface area contributed by atoms with Crippen LogP contribution in [0.2, 0.25) is 0 Å². The summed E-state index contributed by atoms with van der Waals surface area (Å²) in [6.45, 7) is 2.91. The zero-order valence-electron chi connectivity index (χ0n) is 16.6. The highest BCUT2D eigenvalue weighted by Gasteiger charge is 2.27. The van der Waals surface area contributed by atoms with Gasteiger partial charge in [-0.3, -0.25) is 4.99 Å². The molecule has 1 aromatic rings. The Labute approximate surface area is 185 Å². The summed E-state index contributed by atoms with van der Waals surface area (Å²) in [6.07, 6.45) is 4.46. The fourth-order valence-electron chi connectivity index (χ4n) is 2.68. The summed E-state index contributed by atoms with van der Waals surface area (Å²) < 4.78 is 32.8. The van der Waals surface area contributed by atoms with Crippen LogP contribution in [-0.4, -0.2) is 59.2 Å². The Kier molecular flexibility index (Phi) is 8.97. The van der Waals surface area contributed by atoms with Crippen molar-refractivity contribution < 1.29 is 13.2 Å². The maximum Gasteiger partial charge on any atom is 0.240 e. The zero-order valence-corrected chi connectivity index (χ0v) is 19.7. The summed E-state index contributed by atoms with van der Waals surface area (Å²) in [5.41, 5.74) is 1.000. The molecule has 0 atom stereocenters. The average Bonchev–Trinajstić information content (AvgIpc) is 3.56. The Bertz CT molecular complexity index is 747. The lowest BCUT2D eigenvalue weighted by atomic mass is 10.2. The number of ether oxygens (including phenoxy) is 1. The second kappa shape index (κ2) is 10.7. The average molecular weight is 522 g/mol. The van der Waals surface area contributed by atoms with Crippen LogP contribution in [-0.2, 0) is 21.3 Å². The molecule has 0 unspecified atom stereocenters. The molecule has 0 heterocycles. The fourth-order valence-corrected chi connectivity index (χ4v) is 3.99. The molecule has 9 heteroatoms. The van der Waals surface area contributed by atoms with Gasteiger partial charge in [-0.1, -0.05) is 12.1 Å². The molecule has 0 bridgehead atoms. The Balaban J connectivity index is 0.00000280. The molecule has 28 heavy (non-hydrogen) atoms. The van der Waals surface area contributed by atoms with Crippen LogP contribution in [0.5, 0.6) is 0 Å². The van der Waals surface area contributed by atoms with E-state index >= 15 is 0 Å². The predicted molar refractivity (Wildman–Crippen MR) is 122 cm³/mol. The van der Waals surface area contributed by atoms with Crippen LogP contribution in [0.3, 0.4) is 0 Å². The van der Waals surface area contributed by atoms with E-state index in [1.165, 1.54) is 12.8 Å². The van der Waals surface area contributed by atoms with Gasteiger partial charge in [-0.05, 0) is 49.3 Å². The monoisotopic (exact) mass is 522 g/mol. The fraction of sp³-hybridized carbons (Fsp3) is 0.632. The summed E-state index contributed by atoms with van der Waals surface area (Å²) in [7, 11) is 0.340. The third kappa shape index (κ3) is 7.49. The molecule has 0 aliphatic heterocycles. The molecule has 2 N–H and O–H groups in total. The number of hydrogen-bond acceptors (Lipinski definition) is 4. The van der Waals surface area contributed by atoms with E-state index in [0.717, 1.165) is 43.4 Å². The van der Waals surface area contributed by atoms with Gasteiger partial charge in [0, 0.05) is 39.8 Å². The van der Waals surface area contributed by atoms with Gasteiger partial charge in [-0.15, -0.1) is 24.0 Å². The van der Waals surface area contributed by atoms with Crippen molar-refractivity contribution in [1.29, 1.82) is 0 Å². The van der Waals surface area contributed by atoms with Crippen LogP contribution >= 0.6 is 24.0 Å². The molecule has 2 saturated carbocycles. The van der Waals surface area contributed by atoms with Crippen molar-refractivity contribution in [3.63, 3.8) is 0 Å². The van der Waals surface area contributed by atoms with E-state index in [1.807, 2.05) is 24.1 Å². The number of likely N-dealkylation sites (N-methyl/N-ethyl adjacent to an activating group) is 1. The molecular weight excluding hydrogens is 491 g/mol. The molecule has 7 nitrogen and oxygen atoms in total. The number of hydrogen-bond donors (Lipinski definition) is 2. The molecule has 0 radical (unpaired) electrons. The summed E-state index contributed by atoms with van der Waals surface area (Å²) in [6, 6.07) is 7.09. The second-order valence-corrected chi connectivity index (χ2v) is 9.09. The highest BCUT2D eigenvalue weighted by Crippen LogP contribution is 2.28. The van der Waals surface area contributed by atoms with Crippen LogP contribution < -0.4 is 10.0 Å². The van der Waals surface area contributed by atoms with E-state index in [1.54, 1.807) is 19.2 Å². The molecule has 0 saturated heterocycles. The molecule has 0 aromatic heterocycles. The molecule has 0 amide bonds.